The smallest absolute Gasteiger partial charge is 0.306 e. The fourth-order valence-corrected chi connectivity index (χ4v) is 5.06. The second-order valence-corrected chi connectivity index (χ2v) is 8.69. The Hall–Kier alpha value is -3.24. The van der Waals surface area contributed by atoms with Crippen LogP contribution in [0, 0.1) is 11.3 Å². The lowest BCUT2D eigenvalue weighted by Crippen LogP contribution is -2.21. The number of para-hydroxylation sites is 1. The molecule has 158 valence electrons. The Morgan fingerprint density at radius 3 is 2.84 bits per heavy atom. The number of thiophene rings is 1. The van der Waals surface area contributed by atoms with Crippen LogP contribution in [0.3, 0.4) is 0 Å². The summed E-state index contributed by atoms with van der Waals surface area (Å²) < 4.78 is 5.12. The summed E-state index contributed by atoms with van der Waals surface area (Å²) in [6.45, 7) is -0.364. The van der Waals surface area contributed by atoms with E-state index in [-0.39, 0.29) is 13.0 Å². The van der Waals surface area contributed by atoms with E-state index < -0.39 is 11.9 Å². The molecule has 0 unspecified atom stereocenters. The van der Waals surface area contributed by atoms with Crippen LogP contribution in [-0.4, -0.2) is 23.5 Å². The number of nitriles is 1. The Morgan fingerprint density at radius 2 is 1.97 bits per heavy atom. The Labute approximate surface area is 184 Å². The molecule has 0 spiro atoms. The van der Waals surface area contributed by atoms with E-state index >= 15 is 0 Å². The predicted octanol–water partition coefficient (Wildman–Crippen LogP) is 4.55. The normalized spacial score (nSPS) is 13.1. The minimum absolute atomic E-state index is 0.148. The fraction of sp³-hybridized carbons (Fsp3) is 0.333. The molecule has 0 bridgehead atoms. The molecule has 0 fully saturated rings. The lowest BCUT2D eigenvalue weighted by atomic mass is 10.1. The van der Waals surface area contributed by atoms with Gasteiger partial charge in [0.1, 0.15) is 11.1 Å². The van der Waals surface area contributed by atoms with E-state index in [1.54, 1.807) is 0 Å². The second kappa shape index (κ2) is 9.71. The molecule has 2 heterocycles. The first-order valence-electron chi connectivity index (χ1n) is 10.5. The molecule has 6 nitrogen and oxygen atoms in total. The molecule has 4 rings (SSSR count). The Bertz CT molecular complexity index is 1160. The van der Waals surface area contributed by atoms with Crippen molar-refractivity contribution in [1.29, 1.82) is 5.26 Å². The number of nitrogens with one attached hydrogen (secondary N) is 1. The van der Waals surface area contributed by atoms with Crippen LogP contribution in [0.1, 0.15) is 47.4 Å². The van der Waals surface area contributed by atoms with E-state index in [2.05, 4.69) is 16.4 Å². The topological polar surface area (TPSA) is 92.1 Å². The van der Waals surface area contributed by atoms with E-state index in [1.165, 1.54) is 22.6 Å². The molecule has 7 heteroatoms. The lowest BCUT2D eigenvalue weighted by molar-refractivity contribution is -0.147. The maximum atomic E-state index is 12.3. The zero-order valence-electron chi connectivity index (χ0n) is 17.1. The van der Waals surface area contributed by atoms with Gasteiger partial charge in [-0.15, -0.1) is 11.3 Å². The summed E-state index contributed by atoms with van der Waals surface area (Å²) in [6.07, 6.45) is 5.76. The highest BCUT2D eigenvalue weighted by atomic mass is 32.1. The van der Waals surface area contributed by atoms with Gasteiger partial charge < -0.3 is 10.1 Å². The number of ether oxygens (including phenoxy) is 1. The molecule has 2 aromatic heterocycles. The third-order valence-electron chi connectivity index (χ3n) is 5.39. The van der Waals surface area contributed by atoms with Crippen LogP contribution in [0.25, 0.3) is 10.9 Å². The van der Waals surface area contributed by atoms with Crippen LogP contribution in [0.15, 0.2) is 36.4 Å². The maximum absolute atomic E-state index is 12.3. The summed E-state index contributed by atoms with van der Waals surface area (Å²) in [7, 11) is 0. The number of aromatic nitrogens is 1. The van der Waals surface area contributed by atoms with Crippen molar-refractivity contribution in [3.63, 3.8) is 0 Å². The summed E-state index contributed by atoms with van der Waals surface area (Å²) >= 11 is 1.47. The second-order valence-electron chi connectivity index (χ2n) is 7.58. The number of carbonyl (C=O) groups excluding carboxylic acids is 2. The molecule has 1 aromatic carbocycles. The highest BCUT2D eigenvalue weighted by Crippen LogP contribution is 2.36. The van der Waals surface area contributed by atoms with Gasteiger partial charge in [0.05, 0.1) is 17.5 Å². The predicted molar refractivity (Wildman–Crippen MR) is 120 cm³/mol. The highest BCUT2D eigenvalue weighted by molar-refractivity contribution is 7.16. The summed E-state index contributed by atoms with van der Waals surface area (Å²) in [5, 5.41) is 13.9. The number of amides is 1. The average Bonchev–Trinajstić information content (AvgIpc) is 2.94. The summed E-state index contributed by atoms with van der Waals surface area (Å²) in [5.74, 6) is -0.877. The first kappa shape index (κ1) is 21.0. The first-order valence-corrected chi connectivity index (χ1v) is 11.3. The van der Waals surface area contributed by atoms with Crippen LogP contribution in [0.2, 0.25) is 0 Å². The van der Waals surface area contributed by atoms with Crippen LogP contribution in [-0.2, 0) is 33.6 Å². The summed E-state index contributed by atoms with van der Waals surface area (Å²) in [5.41, 5.74) is 3.32. The van der Waals surface area contributed by atoms with Gasteiger partial charge in [-0.2, -0.15) is 5.26 Å². The van der Waals surface area contributed by atoms with Gasteiger partial charge >= 0.3 is 5.97 Å². The molecular weight excluding hydrogens is 410 g/mol. The van der Waals surface area contributed by atoms with E-state index in [9.17, 15) is 14.9 Å². The lowest BCUT2D eigenvalue weighted by Gasteiger charge is -2.06. The maximum Gasteiger partial charge on any atom is 0.306 e. The molecule has 1 N–H and O–H groups in total. The molecule has 3 aromatic rings. The van der Waals surface area contributed by atoms with E-state index in [0.29, 0.717) is 17.0 Å². The number of rotatable bonds is 6. The van der Waals surface area contributed by atoms with Crippen LogP contribution in [0.5, 0.6) is 0 Å². The van der Waals surface area contributed by atoms with Crippen molar-refractivity contribution in [3.8, 4) is 6.07 Å². The van der Waals surface area contributed by atoms with Gasteiger partial charge in [-0.3, -0.25) is 14.6 Å². The molecule has 0 aliphatic heterocycles. The fourth-order valence-electron chi connectivity index (χ4n) is 3.81. The summed E-state index contributed by atoms with van der Waals surface area (Å²) in [6, 6.07) is 13.9. The van der Waals surface area contributed by atoms with Crippen molar-refractivity contribution in [2.45, 2.75) is 44.9 Å². The zero-order chi connectivity index (χ0) is 21.6. The van der Waals surface area contributed by atoms with Gasteiger partial charge in [0.15, 0.2) is 6.61 Å². The Balaban J connectivity index is 1.28. The van der Waals surface area contributed by atoms with Crippen LogP contribution in [0.4, 0.5) is 5.00 Å². The number of carbonyl (C=O) groups is 2. The van der Waals surface area contributed by atoms with Crippen LogP contribution < -0.4 is 5.32 Å². The van der Waals surface area contributed by atoms with Crippen molar-refractivity contribution in [1.82, 2.24) is 4.98 Å². The number of fused-ring (bicyclic) bond motifs is 2. The number of anilines is 1. The average molecular weight is 434 g/mol. The quantitative estimate of drug-likeness (QED) is 0.455. The van der Waals surface area contributed by atoms with Gasteiger partial charge in [-0.25, -0.2) is 0 Å². The van der Waals surface area contributed by atoms with Gasteiger partial charge in [-0.1, -0.05) is 30.7 Å². The van der Waals surface area contributed by atoms with E-state index in [0.717, 1.165) is 47.8 Å². The van der Waals surface area contributed by atoms with Crippen molar-refractivity contribution in [2.75, 3.05) is 11.9 Å². The molecule has 0 saturated heterocycles. The van der Waals surface area contributed by atoms with Crippen molar-refractivity contribution in [2.24, 2.45) is 0 Å². The molecule has 0 radical (unpaired) electrons. The first-order chi connectivity index (χ1) is 15.1. The zero-order valence-corrected chi connectivity index (χ0v) is 18.0. The molecule has 1 amide bonds. The highest BCUT2D eigenvalue weighted by Gasteiger charge is 2.21. The third kappa shape index (κ3) is 5.09. The number of esters is 1. The Morgan fingerprint density at radius 1 is 1.13 bits per heavy atom. The molecule has 1 aliphatic rings. The summed E-state index contributed by atoms with van der Waals surface area (Å²) in [4.78, 5) is 30.1. The monoisotopic (exact) mass is 433 g/mol. The minimum Gasteiger partial charge on any atom is -0.456 e. The van der Waals surface area contributed by atoms with Gasteiger partial charge in [0.2, 0.25) is 0 Å². The molecule has 31 heavy (non-hydrogen) atoms. The van der Waals surface area contributed by atoms with Gasteiger partial charge in [0.25, 0.3) is 5.91 Å². The number of nitrogens with zero attached hydrogens (tertiary/aromatic N) is 2. The van der Waals surface area contributed by atoms with Crippen molar-refractivity contribution < 1.29 is 14.3 Å². The molecule has 0 saturated carbocycles. The molecular formula is C24H23N3O3S. The van der Waals surface area contributed by atoms with Crippen LogP contribution >= 0.6 is 11.3 Å². The Kier molecular flexibility index (Phi) is 6.58. The van der Waals surface area contributed by atoms with Crippen molar-refractivity contribution in [3.05, 3.63) is 58.1 Å². The van der Waals surface area contributed by atoms with E-state index in [4.69, 9.17) is 4.74 Å². The number of pyridine rings is 1. The van der Waals surface area contributed by atoms with Gasteiger partial charge in [-0.05, 0) is 43.4 Å². The van der Waals surface area contributed by atoms with E-state index in [1.807, 2.05) is 36.4 Å². The minimum atomic E-state index is -0.451. The largest absolute Gasteiger partial charge is 0.456 e. The number of hydrogen-bond donors (Lipinski definition) is 1. The van der Waals surface area contributed by atoms with Crippen molar-refractivity contribution >= 4 is 39.1 Å². The SMILES string of the molecule is N#Cc1c(NC(=O)COC(=O)CCc2ccc3ccccc3n2)sc2c1CCCCC2. The number of hydrogen-bond acceptors (Lipinski definition) is 6. The third-order valence-corrected chi connectivity index (χ3v) is 6.60. The number of aryl methyl sites for hydroxylation is 2. The molecule has 0 atom stereocenters. The number of benzene rings is 1. The standard InChI is InChI=1S/C24H23N3O3S/c25-14-19-18-7-2-1-3-9-21(18)31-24(19)27-22(28)15-30-23(29)13-12-17-11-10-16-6-4-5-8-20(16)26-17/h4-6,8,10-11H,1-3,7,9,12-13,15H2,(H,27,28). The molecule has 1 aliphatic carbocycles. The van der Waals surface area contributed by atoms with Gasteiger partial charge in [0, 0.05) is 22.4 Å².